The molecule has 1 N–H and O–H groups in total. The number of aliphatic hydroxyl groups is 1. The summed E-state index contributed by atoms with van der Waals surface area (Å²) < 4.78 is 40.0. The number of rotatable bonds is 24. The normalized spacial score (nSPS) is 13.9. The molecule has 2 heterocycles. The number of aryl methyl sites for hydroxylation is 2. The lowest BCUT2D eigenvalue weighted by Crippen LogP contribution is -2.45. The highest BCUT2D eigenvalue weighted by Gasteiger charge is 2.32. The first-order valence-electron chi connectivity index (χ1n) is 23.8. The molecule has 1 aliphatic heterocycles. The zero-order valence-corrected chi connectivity index (χ0v) is 40.0. The number of aromatic nitrogens is 2. The summed E-state index contributed by atoms with van der Waals surface area (Å²) >= 11 is 0. The SMILES string of the molecule is COc1ccc(-c2c(-c3ccc(OC)cc3)[n+](CCCCCOC(=O)[C@@H]3CCCCN3Cc3c(OC)cc(OCc4cccc(-c5ccccc5)c4C)cc3OC)cn2CCCCCO)cc1. The minimum atomic E-state index is -0.352. The smallest absolute Gasteiger partial charge is 0.323 e. The van der Waals surface area contributed by atoms with E-state index < -0.39 is 0 Å². The van der Waals surface area contributed by atoms with Crippen molar-refractivity contribution in [3.05, 3.63) is 132 Å². The average molecular weight is 911 g/mol. The zero-order chi connectivity index (χ0) is 47.0. The van der Waals surface area contributed by atoms with E-state index >= 15 is 0 Å². The van der Waals surface area contributed by atoms with E-state index in [1.165, 1.54) is 16.7 Å². The Morgan fingerprint density at radius 2 is 1.39 bits per heavy atom. The number of carbonyl (C=O) groups excluding carboxylic acids is 1. The fourth-order valence-corrected chi connectivity index (χ4v) is 9.18. The maximum atomic E-state index is 13.8. The summed E-state index contributed by atoms with van der Waals surface area (Å²) in [6, 6.07) is 36.7. The summed E-state index contributed by atoms with van der Waals surface area (Å²) in [5.41, 5.74) is 9.99. The van der Waals surface area contributed by atoms with E-state index in [1.54, 1.807) is 28.4 Å². The molecule has 5 aromatic carbocycles. The zero-order valence-electron chi connectivity index (χ0n) is 40.0. The number of hydrogen-bond donors (Lipinski definition) is 1. The van der Waals surface area contributed by atoms with E-state index in [0.717, 1.165) is 123 Å². The van der Waals surface area contributed by atoms with Crippen LogP contribution in [0.4, 0.5) is 0 Å². The number of esters is 1. The Balaban J connectivity index is 0.978. The van der Waals surface area contributed by atoms with Gasteiger partial charge in [-0.3, -0.25) is 9.69 Å². The molecule has 0 aliphatic carbocycles. The van der Waals surface area contributed by atoms with Gasteiger partial charge in [0.25, 0.3) is 0 Å². The molecule has 0 amide bonds. The summed E-state index contributed by atoms with van der Waals surface area (Å²) in [5, 5.41) is 9.45. The van der Waals surface area contributed by atoms with Gasteiger partial charge in [0.2, 0.25) is 6.33 Å². The first-order valence-corrected chi connectivity index (χ1v) is 23.8. The maximum Gasteiger partial charge on any atom is 0.323 e. The van der Waals surface area contributed by atoms with Crippen LogP contribution in [-0.2, 0) is 35.8 Å². The average Bonchev–Trinajstić information content (AvgIpc) is 3.74. The largest absolute Gasteiger partial charge is 0.497 e. The molecule has 1 aliphatic rings. The monoisotopic (exact) mass is 911 g/mol. The number of ether oxygens (including phenoxy) is 6. The molecule has 354 valence electrons. The van der Waals surface area contributed by atoms with Crippen LogP contribution in [0.2, 0.25) is 0 Å². The van der Waals surface area contributed by atoms with Gasteiger partial charge in [-0.25, -0.2) is 9.13 Å². The summed E-state index contributed by atoms with van der Waals surface area (Å²) in [4.78, 5) is 16.0. The maximum absolute atomic E-state index is 13.8. The number of nitrogens with zero attached hydrogens (tertiary/aromatic N) is 3. The van der Waals surface area contributed by atoms with Crippen LogP contribution in [0.25, 0.3) is 33.6 Å². The molecular formula is C56H68N3O8+. The van der Waals surface area contributed by atoms with E-state index in [-0.39, 0.29) is 18.6 Å². The quantitative estimate of drug-likeness (QED) is 0.0361. The number of aliphatic hydroxyl groups excluding tert-OH is 1. The number of benzene rings is 5. The Kier molecular flexibility index (Phi) is 17.8. The summed E-state index contributed by atoms with van der Waals surface area (Å²) in [5.74, 6) is 3.40. The number of imidazole rings is 1. The number of piperidine rings is 1. The van der Waals surface area contributed by atoms with Crippen molar-refractivity contribution in [2.45, 2.75) is 97.0 Å². The van der Waals surface area contributed by atoms with Crippen molar-refractivity contribution in [3.63, 3.8) is 0 Å². The van der Waals surface area contributed by atoms with Crippen LogP contribution in [0.5, 0.6) is 28.7 Å². The van der Waals surface area contributed by atoms with Gasteiger partial charge < -0.3 is 33.5 Å². The highest BCUT2D eigenvalue weighted by atomic mass is 16.5. The number of methoxy groups -OCH3 is 4. The molecule has 1 fully saturated rings. The Hall–Kier alpha value is -6.30. The third-order valence-corrected chi connectivity index (χ3v) is 12.9. The second-order valence-electron chi connectivity index (χ2n) is 17.2. The van der Waals surface area contributed by atoms with Crippen LogP contribution in [0.15, 0.2) is 116 Å². The Bertz CT molecular complexity index is 2460. The second-order valence-corrected chi connectivity index (χ2v) is 17.2. The Morgan fingerprint density at radius 1 is 0.701 bits per heavy atom. The number of carbonyl (C=O) groups is 1. The van der Waals surface area contributed by atoms with E-state index in [4.69, 9.17) is 28.4 Å². The molecule has 1 aromatic heterocycles. The highest BCUT2D eigenvalue weighted by molar-refractivity contribution is 5.77. The Labute approximate surface area is 396 Å². The molecule has 0 radical (unpaired) electrons. The van der Waals surface area contributed by atoms with Crippen molar-refractivity contribution in [2.24, 2.45) is 0 Å². The molecule has 1 saturated heterocycles. The van der Waals surface area contributed by atoms with E-state index in [0.29, 0.717) is 37.0 Å². The van der Waals surface area contributed by atoms with Gasteiger partial charge in [0.05, 0.1) is 53.7 Å². The van der Waals surface area contributed by atoms with Crippen LogP contribution in [0.1, 0.15) is 74.5 Å². The molecule has 0 bridgehead atoms. The highest BCUT2D eigenvalue weighted by Crippen LogP contribution is 2.38. The molecule has 1 atom stereocenters. The first kappa shape index (κ1) is 48.6. The third-order valence-electron chi connectivity index (χ3n) is 12.9. The summed E-state index contributed by atoms with van der Waals surface area (Å²) in [6.45, 7) is 5.98. The van der Waals surface area contributed by atoms with Gasteiger partial charge >= 0.3 is 5.97 Å². The van der Waals surface area contributed by atoms with Crippen LogP contribution >= 0.6 is 0 Å². The number of unbranched alkanes of at least 4 members (excludes halogenated alkanes) is 4. The minimum absolute atomic E-state index is 0.177. The lowest BCUT2D eigenvalue weighted by molar-refractivity contribution is -0.686. The standard InChI is InChI=1S/C56H68N3O8/c1-41-45(20-17-21-49(41)42-18-9-6-10-19-42)39-67-48-36-52(64-4)50(53(37-48)65-5)38-57-31-14-11-22-51(57)56(61)66-35-16-8-13-33-59-40-58(32-12-7-15-34-60)54(43-23-27-46(62-2)28-24-43)55(59)44-25-29-47(63-3)30-26-44/h6,9-10,17-21,23-30,36-37,40,51,60H,7-8,11-16,22,31-35,38-39H2,1-5H3/q+1/t51-/m0/s1. The van der Waals surface area contributed by atoms with Crippen molar-refractivity contribution >= 4 is 5.97 Å². The topological polar surface area (TPSA) is 105 Å². The number of likely N-dealkylation sites (tertiary alicyclic amines) is 1. The third kappa shape index (κ3) is 12.4. The van der Waals surface area contributed by atoms with Gasteiger partial charge in [-0.1, -0.05) is 55.0 Å². The molecule has 67 heavy (non-hydrogen) atoms. The molecule has 0 saturated carbocycles. The summed E-state index contributed by atoms with van der Waals surface area (Å²) in [7, 11) is 6.69. The molecule has 0 unspecified atom stereocenters. The van der Waals surface area contributed by atoms with Crippen molar-refractivity contribution in [2.75, 3.05) is 48.2 Å². The lowest BCUT2D eigenvalue weighted by atomic mass is 9.97. The van der Waals surface area contributed by atoms with Crippen LogP contribution in [0, 0.1) is 6.92 Å². The molecular weight excluding hydrogens is 843 g/mol. The predicted molar refractivity (Wildman–Crippen MR) is 263 cm³/mol. The fourth-order valence-electron chi connectivity index (χ4n) is 9.18. The van der Waals surface area contributed by atoms with Gasteiger partial charge in [-0.15, -0.1) is 0 Å². The Morgan fingerprint density at radius 3 is 2.06 bits per heavy atom. The van der Waals surface area contributed by atoms with Crippen LogP contribution in [-0.4, -0.2) is 74.8 Å². The molecule has 0 spiro atoms. The van der Waals surface area contributed by atoms with Crippen molar-refractivity contribution in [3.8, 4) is 62.4 Å². The van der Waals surface area contributed by atoms with Crippen molar-refractivity contribution in [1.82, 2.24) is 9.47 Å². The van der Waals surface area contributed by atoms with Crippen molar-refractivity contribution < 1.29 is 42.9 Å². The molecule has 7 rings (SSSR count). The molecule has 11 heteroatoms. The molecule has 11 nitrogen and oxygen atoms in total. The molecule has 6 aromatic rings. The number of hydrogen-bond acceptors (Lipinski definition) is 9. The second kappa shape index (κ2) is 24.5. The summed E-state index contributed by atoms with van der Waals surface area (Å²) in [6.07, 6.45) is 10.2. The lowest BCUT2D eigenvalue weighted by Gasteiger charge is -2.34. The predicted octanol–water partition coefficient (Wildman–Crippen LogP) is 10.6. The minimum Gasteiger partial charge on any atom is -0.497 e. The van der Waals surface area contributed by atoms with Gasteiger partial charge in [-0.05, 0) is 136 Å². The first-order chi connectivity index (χ1) is 32.8. The van der Waals surface area contributed by atoms with Gasteiger partial charge in [-0.2, -0.15) is 0 Å². The van der Waals surface area contributed by atoms with E-state index in [9.17, 15) is 9.90 Å². The van der Waals surface area contributed by atoms with Crippen LogP contribution < -0.4 is 28.3 Å². The fraction of sp³-hybridized carbons (Fsp3) is 0.393. The van der Waals surface area contributed by atoms with E-state index in [2.05, 4.69) is 94.0 Å². The van der Waals surface area contributed by atoms with Crippen molar-refractivity contribution in [1.29, 1.82) is 0 Å². The van der Waals surface area contributed by atoms with Crippen LogP contribution in [0.3, 0.4) is 0 Å². The van der Waals surface area contributed by atoms with Gasteiger partial charge in [0, 0.05) is 36.4 Å². The van der Waals surface area contributed by atoms with Gasteiger partial charge in [0.1, 0.15) is 41.4 Å². The van der Waals surface area contributed by atoms with Gasteiger partial charge in [0.15, 0.2) is 11.4 Å². The van der Waals surface area contributed by atoms with E-state index in [1.807, 2.05) is 42.5 Å².